The lowest BCUT2D eigenvalue weighted by Gasteiger charge is -2.52. The minimum absolute atomic E-state index is 0.155. The minimum atomic E-state index is -2.67. The number of ketones is 3. The summed E-state index contributed by atoms with van der Waals surface area (Å²) in [5, 5.41) is 55.2. The molecule has 4 rings (SSSR count). The Kier molecular flexibility index (Phi) is 4.68. The highest BCUT2D eigenvalue weighted by Gasteiger charge is 2.65. The number of carbonyl (C=O) groups is 3. The second-order valence-corrected chi connectivity index (χ2v) is 9.15. The predicted octanol–water partition coefficient (Wildman–Crippen LogP) is 0.889. The fourth-order valence-electron chi connectivity index (χ4n) is 5.61. The van der Waals surface area contributed by atoms with E-state index in [0.29, 0.717) is 0 Å². The van der Waals surface area contributed by atoms with Crippen molar-refractivity contribution in [2.75, 3.05) is 14.1 Å². The van der Waals surface area contributed by atoms with Gasteiger partial charge in [-0.05, 0) is 46.0 Å². The Morgan fingerprint density at radius 2 is 1.75 bits per heavy atom. The molecule has 0 spiro atoms. The lowest BCUT2D eigenvalue weighted by atomic mass is 9.55. The molecular formula is C23H25NO8. The fourth-order valence-corrected chi connectivity index (χ4v) is 5.61. The van der Waals surface area contributed by atoms with E-state index >= 15 is 0 Å². The van der Waals surface area contributed by atoms with Crippen molar-refractivity contribution in [3.63, 3.8) is 0 Å². The third kappa shape index (κ3) is 2.52. The average Bonchev–Trinajstić information content (AvgIpc) is 2.68. The van der Waals surface area contributed by atoms with Gasteiger partial charge in [-0.2, -0.15) is 0 Å². The van der Waals surface area contributed by atoms with E-state index in [9.17, 15) is 39.9 Å². The maximum absolute atomic E-state index is 13.3. The van der Waals surface area contributed by atoms with E-state index in [1.54, 1.807) is 14.1 Å². The van der Waals surface area contributed by atoms with Gasteiger partial charge in [-0.3, -0.25) is 19.3 Å². The zero-order valence-corrected chi connectivity index (χ0v) is 18.1. The first-order valence-corrected chi connectivity index (χ1v) is 10.2. The van der Waals surface area contributed by atoms with Crippen LogP contribution in [0, 0.1) is 11.8 Å². The summed E-state index contributed by atoms with van der Waals surface area (Å²) < 4.78 is 0. The topological polar surface area (TPSA) is 156 Å². The summed E-state index contributed by atoms with van der Waals surface area (Å²) in [4.78, 5) is 40.2. The number of aromatic hydroxyl groups is 1. The summed E-state index contributed by atoms with van der Waals surface area (Å²) in [7, 11) is 3.14. The number of Topliss-reactive ketones (excluding diaryl/α,β-unsaturated/α-hetero) is 3. The van der Waals surface area contributed by atoms with Gasteiger partial charge in [0.1, 0.15) is 22.8 Å². The minimum Gasteiger partial charge on any atom is -0.510 e. The maximum Gasteiger partial charge on any atom is 0.209 e. The zero-order chi connectivity index (χ0) is 23.9. The number of aliphatic hydroxyl groups is 4. The average molecular weight is 443 g/mol. The van der Waals surface area contributed by atoms with Crippen molar-refractivity contribution in [2.45, 2.75) is 37.5 Å². The van der Waals surface area contributed by atoms with Crippen molar-refractivity contribution in [1.29, 1.82) is 0 Å². The standard InChI is InChI=1S/C23H25NO8/c1-9(25)14-19(28)17(24(3)4)12-8-11-16(21(30)23(12,32)20(14)29)18(27)15-10(22(11,2)31)6-5-7-13(15)26/h5-7,11-12,17,26,28,30-32H,8H2,1-4H3/t11-,12-,17?,22+,23+/m0/s1. The van der Waals surface area contributed by atoms with Gasteiger partial charge in [-0.25, -0.2) is 0 Å². The first kappa shape index (κ1) is 22.2. The van der Waals surface area contributed by atoms with Gasteiger partial charge in [0.25, 0.3) is 0 Å². The van der Waals surface area contributed by atoms with Gasteiger partial charge in [-0.15, -0.1) is 0 Å². The van der Waals surface area contributed by atoms with E-state index in [-0.39, 0.29) is 17.5 Å². The second kappa shape index (κ2) is 6.74. The summed E-state index contributed by atoms with van der Waals surface area (Å²) in [6.45, 7) is 2.48. The number of carbonyl (C=O) groups excluding carboxylic acids is 3. The Labute approximate surface area is 183 Å². The number of phenols is 1. The number of benzene rings is 1. The quantitative estimate of drug-likeness (QED) is 0.419. The van der Waals surface area contributed by atoms with Crippen LogP contribution in [0.5, 0.6) is 5.75 Å². The third-order valence-corrected chi connectivity index (χ3v) is 7.13. The highest BCUT2D eigenvalue weighted by Crippen LogP contribution is 2.56. The molecule has 5 N–H and O–H groups in total. The van der Waals surface area contributed by atoms with Crippen molar-refractivity contribution in [3.8, 4) is 5.75 Å². The van der Waals surface area contributed by atoms with E-state index in [1.165, 1.54) is 30.0 Å². The Hall–Kier alpha value is -3.01. The summed E-state index contributed by atoms with van der Waals surface area (Å²) >= 11 is 0. The molecule has 0 bridgehead atoms. The number of aliphatic hydroxyl groups excluding tert-OH is 2. The highest BCUT2D eigenvalue weighted by molar-refractivity contribution is 6.25. The van der Waals surface area contributed by atoms with E-state index < -0.39 is 74.8 Å². The Morgan fingerprint density at radius 3 is 2.31 bits per heavy atom. The molecule has 32 heavy (non-hydrogen) atoms. The number of phenolic OH excluding ortho intramolecular Hbond substituents is 1. The third-order valence-electron chi connectivity index (χ3n) is 7.13. The molecule has 0 radical (unpaired) electrons. The molecule has 1 unspecified atom stereocenters. The van der Waals surface area contributed by atoms with Crippen molar-refractivity contribution >= 4 is 17.3 Å². The summed E-state index contributed by atoms with van der Waals surface area (Å²) in [5.74, 6) is -6.95. The fraction of sp³-hybridized carbons (Fsp3) is 0.435. The smallest absolute Gasteiger partial charge is 0.209 e. The second-order valence-electron chi connectivity index (χ2n) is 9.15. The van der Waals surface area contributed by atoms with Crippen LogP contribution < -0.4 is 0 Å². The van der Waals surface area contributed by atoms with Crippen LogP contribution in [-0.2, 0) is 15.2 Å². The van der Waals surface area contributed by atoms with Gasteiger partial charge in [0.2, 0.25) is 5.78 Å². The first-order valence-electron chi connectivity index (χ1n) is 10.2. The summed E-state index contributed by atoms with van der Waals surface area (Å²) in [6.07, 6.45) is -0.159. The Balaban J connectivity index is 2.05. The molecule has 170 valence electrons. The van der Waals surface area contributed by atoms with Gasteiger partial charge in [0.15, 0.2) is 17.2 Å². The van der Waals surface area contributed by atoms with E-state index in [1.807, 2.05) is 0 Å². The maximum atomic E-state index is 13.3. The molecule has 1 aromatic carbocycles. The lowest BCUT2D eigenvalue weighted by Crippen LogP contribution is -2.64. The molecule has 3 aliphatic carbocycles. The number of hydrogen-bond donors (Lipinski definition) is 5. The van der Waals surface area contributed by atoms with E-state index in [0.717, 1.165) is 6.92 Å². The summed E-state index contributed by atoms with van der Waals surface area (Å²) in [6, 6.07) is 3.18. The van der Waals surface area contributed by atoms with Crippen molar-refractivity contribution in [2.24, 2.45) is 11.8 Å². The molecule has 5 atom stereocenters. The number of nitrogens with zero attached hydrogens (tertiary/aromatic N) is 1. The van der Waals surface area contributed by atoms with Crippen LogP contribution >= 0.6 is 0 Å². The number of likely N-dealkylation sites (N-methyl/N-ethyl adjacent to an activating group) is 1. The monoisotopic (exact) mass is 443 g/mol. The zero-order valence-electron chi connectivity index (χ0n) is 18.1. The largest absolute Gasteiger partial charge is 0.510 e. The van der Waals surface area contributed by atoms with Gasteiger partial charge in [0.05, 0.1) is 17.2 Å². The molecule has 9 heteroatoms. The van der Waals surface area contributed by atoms with Crippen LogP contribution in [-0.4, -0.2) is 73.5 Å². The molecule has 0 saturated heterocycles. The first-order chi connectivity index (χ1) is 14.8. The molecule has 0 aromatic heterocycles. The van der Waals surface area contributed by atoms with Crippen LogP contribution in [0.1, 0.15) is 36.2 Å². The van der Waals surface area contributed by atoms with Crippen LogP contribution in [0.3, 0.4) is 0 Å². The summed E-state index contributed by atoms with van der Waals surface area (Å²) in [5.41, 5.74) is -5.52. The lowest BCUT2D eigenvalue weighted by molar-refractivity contribution is -0.151. The molecule has 9 nitrogen and oxygen atoms in total. The molecule has 0 fully saturated rings. The Bertz CT molecular complexity index is 1140. The van der Waals surface area contributed by atoms with Gasteiger partial charge in [0, 0.05) is 17.4 Å². The molecule has 0 saturated carbocycles. The highest BCUT2D eigenvalue weighted by atomic mass is 16.3. The predicted molar refractivity (Wildman–Crippen MR) is 111 cm³/mol. The molecule has 3 aliphatic rings. The SMILES string of the molecule is CC(=O)C1=C(O)C(N(C)C)[C@@H]2C[C@H]3C(=C(O)[C@]2(O)C1=O)C(=O)c1c(O)cccc1[C@@]3(C)O. The van der Waals surface area contributed by atoms with Crippen LogP contribution in [0.15, 0.2) is 40.9 Å². The van der Waals surface area contributed by atoms with Crippen LogP contribution in [0.25, 0.3) is 0 Å². The van der Waals surface area contributed by atoms with Crippen molar-refractivity contribution in [3.05, 3.63) is 52.0 Å². The Morgan fingerprint density at radius 1 is 1.12 bits per heavy atom. The normalized spacial score (nSPS) is 34.4. The molecule has 0 heterocycles. The molecule has 0 amide bonds. The van der Waals surface area contributed by atoms with Crippen molar-refractivity contribution in [1.82, 2.24) is 4.90 Å². The van der Waals surface area contributed by atoms with E-state index in [2.05, 4.69) is 0 Å². The number of hydrogen-bond acceptors (Lipinski definition) is 9. The molecular weight excluding hydrogens is 418 g/mol. The van der Waals surface area contributed by atoms with Gasteiger partial charge < -0.3 is 25.5 Å². The van der Waals surface area contributed by atoms with Crippen LogP contribution in [0.2, 0.25) is 0 Å². The van der Waals surface area contributed by atoms with Crippen molar-refractivity contribution < 1.29 is 39.9 Å². The number of fused-ring (bicyclic) bond motifs is 3. The van der Waals surface area contributed by atoms with Gasteiger partial charge >= 0.3 is 0 Å². The van der Waals surface area contributed by atoms with Gasteiger partial charge in [-0.1, -0.05) is 12.1 Å². The van der Waals surface area contributed by atoms with E-state index in [4.69, 9.17) is 0 Å². The molecule has 1 aromatic rings. The van der Waals surface area contributed by atoms with Crippen LogP contribution in [0.4, 0.5) is 0 Å². The number of rotatable bonds is 2. The molecule has 0 aliphatic heterocycles.